The van der Waals surface area contributed by atoms with E-state index in [1.54, 1.807) is 24.3 Å². The molecule has 0 N–H and O–H groups in total. The zero-order valence-corrected chi connectivity index (χ0v) is 15.1. The number of aryl methyl sites for hydroxylation is 2. The lowest BCUT2D eigenvalue weighted by Crippen LogP contribution is -2.31. The molecule has 0 saturated carbocycles. The van der Waals surface area contributed by atoms with Crippen LogP contribution in [0.4, 0.5) is 11.4 Å². The van der Waals surface area contributed by atoms with Crippen LogP contribution in [0.15, 0.2) is 51.0 Å². The minimum atomic E-state index is -0.285. The van der Waals surface area contributed by atoms with E-state index in [-0.39, 0.29) is 16.2 Å². The first kappa shape index (κ1) is 17.1. The molecular weight excluding hydrogens is 312 g/mol. The van der Waals surface area contributed by atoms with E-state index in [0.29, 0.717) is 16.5 Å². The zero-order chi connectivity index (χ0) is 18.1. The van der Waals surface area contributed by atoms with E-state index >= 15 is 0 Å². The van der Waals surface area contributed by atoms with Gasteiger partial charge in [0, 0.05) is 29.5 Å². The molecule has 0 radical (unpaired) electrons. The van der Waals surface area contributed by atoms with Crippen LogP contribution in [-0.2, 0) is 0 Å². The molecule has 0 fully saturated rings. The monoisotopic (exact) mass is 334 g/mol. The number of rotatable bonds is 4. The predicted molar refractivity (Wildman–Crippen MR) is 104 cm³/mol. The summed E-state index contributed by atoms with van der Waals surface area (Å²) in [6.45, 7) is 10.0. The van der Waals surface area contributed by atoms with E-state index in [0.717, 1.165) is 29.9 Å². The van der Waals surface area contributed by atoms with Gasteiger partial charge in [0.15, 0.2) is 5.36 Å². The van der Waals surface area contributed by atoms with Gasteiger partial charge in [0.05, 0.1) is 5.69 Å². The molecule has 0 saturated heterocycles. The topological polar surface area (TPSA) is 49.7 Å². The number of fused-ring (bicyclic) bond motifs is 1. The van der Waals surface area contributed by atoms with Crippen LogP contribution >= 0.6 is 0 Å². The Morgan fingerprint density at radius 2 is 1.36 bits per heavy atom. The van der Waals surface area contributed by atoms with Gasteiger partial charge in [-0.15, -0.1) is 0 Å². The Labute approximate surface area is 146 Å². The van der Waals surface area contributed by atoms with Crippen LogP contribution in [0.2, 0.25) is 0 Å². The first-order valence-electron chi connectivity index (χ1n) is 8.61. The fourth-order valence-corrected chi connectivity index (χ4v) is 3.33. The molecule has 4 heteroatoms. The van der Waals surface area contributed by atoms with E-state index in [1.165, 1.54) is 0 Å². The van der Waals surface area contributed by atoms with Crippen LogP contribution in [0.5, 0.6) is 0 Å². The van der Waals surface area contributed by atoms with Gasteiger partial charge in [0.1, 0.15) is 0 Å². The maximum Gasteiger partial charge on any atom is 0.216 e. The predicted octanol–water partition coefficient (Wildman–Crippen LogP) is 3.13. The Balaban J connectivity index is 2.24. The second kappa shape index (κ2) is 6.63. The van der Waals surface area contributed by atoms with Crippen LogP contribution in [0.25, 0.3) is 10.8 Å². The van der Waals surface area contributed by atoms with Gasteiger partial charge in [-0.25, -0.2) is 4.99 Å². The molecule has 3 aromatic rings. The molecule has 0 bridgehead atoms. The smallest absolute Gasteiger partial charge is 0.216 e. The average Bonchev–Trinajstić information content (AvgIpc) is 2.84. The van der Waals surface area contributed by atoms with Crippen LogP contribution in [-0.4, -0.2) is 13.1 Å². The Morgan fingerprint density at radius 1 is 0.880 bits per heavy atom. The molecule has 0 atom stereocenters. The Hall–Kier alpha value is -2.75. The number of hydrogen-bond acceptors (Lipinski definition) is 4. The first-order chi connectivity index (χ1) is 12.0. The lowest BCUT2D eigenvalue weighted by molar-refractivity contribution is 0.864. The molecule has 0 aliphatic carbocycles. The SMILES string of the molecule is CCN(CC)c1cc(C)c(N=c2c(=O)c3ccccc3c2=O)c(C)c1. The summed E-state index contributed by atoms with van der Waals surface area (Å²) in [5.41, 5.74) is 3.20. The van der Waals surface area contributed by atoms with Crippen LogP contribution in [0.1, 0.15) is 25.0 Å². The zero-order valence-electron chi connectivity index (χ0n) is 15.1. The van der Waals surface area contributed by atoms with Crippen molar-refractivity contribution in [3.05, 3.63) is 73.3 Å². The number of hydrogen-bond donors (Lipinski definition) is 0. The fourth-order valence-electron chi connectivity index (χ4n) is 3.33. The Kier molecular flexibility index (Phi) is 4.53. The molecule has 25 heavy (non-hydrogen) atoms. The maximum absolute atomic E-state index is 12.5. The summed E-state index contributed by atoms with van der Waals surface area (Å²) in [6.07, 6.45) is 0. The summed E-state index contributed by atoms with van der Waals surface area (Å²) >= 11 is 0. The van der Waals surface area contributed by atoms with Crippen molar-refractivity contribution in [2.24, 2.45) is 4.99 Å². The summed E-state index contributed by atoms with van der Waals surface area (Å²) in [5.74, 6) is 0. The summed E-state index contributed by atoms with van der Waals surface area (Å²) in [6, 6.07) is 11.0. The fraction of sp³-hybridized carbons (Fsp3) is 0.286. The molecule has 0 heterocycles. The highest BCUT2D eigenvalue weighted by atomic mass is 16.1. The average molecular weight is 334 g/mol. The van der Waals surface area contributed by atoms with Crippen molar-refractivity contribution in [3.63, 3.8) is 0 Å². The van der Waals surface area contributed by atoms with E-state index in [1.807, 2.05) is 13.8 Å². The van der Waals surface area contributed by atoms with E-state index in [9.17, 15) is 9.59 Å². The van der Waals surface area contributed by atoms with Crippen molar-refractivity contribution in [2.45, 2.75) is 27.7 Å². The molecule has 0 amide bonds. The van der Waals surface area contributed by atoms with Gasteiger partial charge in [-0.3, -0.25) is 9.59 Å². The second-order valence-electron chi connectivity index (χ2n) is 6.26. The second-order valence-corrected chi connectivity index (χ2v) is 6.26. The van der Waals surface area contributed by atoms with Crippen molar-refractivity contribution in [2.75, 3.05) is 18.0 Å². The van der Waals surface area contributed by atoms with Crippen LogP contribution < -0.4 is 21.1 Å². The highest BCUT2D eigenvalue weighted by molar-refractivity contribution is 5.83. The quantitative estimate of drug-likeness (QED) is 0.736. The van der Waals surface area contributed by atoms with E-state index < -0.39 is 0 Å². The molecular formula is C21H22N2O2. The van der Waals surface area contributed by atoms with E-state index in [2.05, 4.69) is 35.9 Å². The number of nitrogens with zero attached hydrogens (tertiary/aromatic N) is 2. The van der Waals surface area contributed by atoms with Crippen molar-refractivity contribution < 1.29 is 0 Å². The molecule has 0 aromatic heterocycles. The van der Waals surface area contributed by atoms with Gasteiger partial charge in [-0.05, 0) is 51.0 Å². The first-order valence-corrected chi connectivity index (χ1v) is 8.61. The number of benzene rings is 2. The lowest BCUT2D eigenvalue weighted by atomic mass is 10.1. The Morgan fingerprint density at radius 3 is 1.80 bits per heavy atom. The lowest BCUT2D eigenvalue weighted by Gasteiger charge is -2.22. The summed E-state index contributed by atoms with van der Waals surface area (Å²) in [4.78, 5) is 31.8. The van der Waals surface area contributed by atoms with Gasteiger partial charge in [0.2, 0.25) is 10.9 Å². The maximum atomic E-state index is 12.5. The summed E-state index contributed by atoms with van der Waals surface area (Å²) in [7, 11) is 0. The van der Waals surface area contributed by atoms with Gasteiger partial charge >= 0.3 is 0 Å². The third-order valence-electron chi connectivity index (χ3n) is 4.67. The van der Waals surface area contributed by atoms with Gasteiger partial charge < -0.3 is 4.90 Å². The highest BCUT2D eigenvalue weighted by Crippen LogP contribution is 2.28. The molecule has 4 nitrogen and oxygen atoms in total. The molecule has 0 aliphatic rings. The normalized spacial score (nSPS) is 11.0. The van der Waals surface area contributed by atoms with Gasteiger partial charge in [-0.2, -0.15) is 0 Å². The van der Waals surface area contributed by atoms with Crippen molar-refractivity contribution in [3.8, 4) is 0 Å². The third-order valence-corrected chi connectivity index (χ3v) is 4.67. The van der Waals surface area contributed by atoms with Crippen molar-refractivity contribution in [1.29, 1.82) is 0 Å². The summed E-state index contributed by atoms with van der Waals surface area (Å²) < 4.78 is 0. The minimum absolute atomic E-state index is 0.0167. The minimum Gasteiger partial charge on any atom is -0.372 e. The molecule has 0 aliphatic heterocycles. The molecule has 3 rings (SSSR count). The van der Waals surface area contributed by atoms with Crippen LogP contribution in [0, 0.1) is 13.8 Å². The molecule has 3 aromatic carbocycles. The largest absolute Gasteiger partial charge is 0.372 e. The van der Waals surface area contributed by atoms with E-state index in [4.69, 9.17) is 0 Å². The number of anilines is 1. The Bertz CT molecular complexity index is 1010. The van der Waals surface area contributed by atoms with Crippen LogP contribution in [0.3, 0.4) is 0 Å². The van der Waals surface area contributed by atoms with Crippen molar-refractivity contribution >= 4 is 22.1 Å². The van der Waals surface area contributed by atoms with Gasteiger partial charge in [0.25, 0.3) is 0 Å². The van der Waals surface area contributed by atoms with Gasteiger partial charge in [-0.1, -0.05) is 24.3 Å². The standard InChI is InChI=1S/C21H22N2O2/c1-5-23(6-2)15-11-13(3)18(14(4)12-15)22-19-20(24)16-9-7-8-10-17(16)21(19)25/h7-12H,5-6H2,1-4H3. The molecule has 128 valence electrons. The molecule has 0 spiro atoms. The summed E-state index contributed by atoms with van der Waals surface area (Å²) in [5, 5.41) is 0.908. The molecule has 0 unspecified atom stereocenters. The highest BCUT2D eigenvalue weighted by Gasteiger charge is 2.12. The van der Waals surface area contributed by atoms with Crippen molar-refractivity contribution in [1.82, 2.24) is 0 Å². The third kappa shape index (κ3) is 2.88.